The molecule has 0 radical (unpaired) electrons. The van der Waals surface area contributed by atoms with Crippen LogP contribution in [0.15, 0.2) is 0 Å². The first-order valence-electron chi connectivity index (χ1n) is 3.06. The summed E-state index contributed by atoms with van der Waals surface area (Å²) in [6.07, 6.45) is -0.426. The second kappa shape index (κ2) is 6.89. The molecule has 0 fully saturated rings. The van der Waals surface area contributed by atoms with Crippen molar-refractivity contribution >= 4 is 10.4 Å². The van der Waals surface area contributed by atoms with E-state index in [-0.39, 0.29) is 29.6 Å². The Labute approximate surface area is 94.9 Å². The van der Waals surface area contributed by atoms with Gasteiger partial charge in [0.15, 0.2) is 0 Å². The van der Waals surface area contributed by atoms with Crippen LogP contribution in [-0.4, -0.2) is 19.1 Å². The van der Waals surface area contributed by atoms with Gasteiger partial charge in [-0.25, -0.2) is 8.42 Å². The van der Waals surface area contributed by atoms with E-state index in [0.717, 1.165) is 0 Å². The molecule has 0 amide bonds. The first-order valence-corrected chi connectivity index (χ1v) is 4.39. The van der Waals surface area contributed by atoms with E-state index in [1.165, 1.54) is 0 Å². The molecule has 0 aliphatic heterocycles. The van der Waals surface area contributed by atoms with Gasteiger partial charge in [0.05, 0.1) is 0 Å². The van der Waals surface area contributed by atoms with Crippen LogP contribution in [0.1, 0.15) is 20.3 Å². The molecule has 6 heteroatoms. The average Bonchev–Trinajstić information content (AvgIpc) is 1.84. The van der Waals surface area contributed by atoms with Gasteiger partial charge in [-0.1, -0.05) is 12.8 Å². The van der Waals surface area contributed by atoms with Gasteiger partial charge in [0.2, 0.25) is 10.4 Å². The average molecular weight is 200 g/mol. The van der Waals surface area contributed by atoms with E-state index in [2.05, 4.69) is 16.0 Å². The van der Waals surface area contributed by atoms with Crippen molar-refractivity contribution in [3.05, 3.63) is 0 Å². The minimum Gasteiger partial charge on any atom is -0.725 e. The monoisotopic (exact) mass is 200 g/mol. The Balaban J connectivity index is 0. The molecule has 0 spiro atoms. The zero-order valence-electron chi connectivity index (χ0n) is 7.33. The summed E-state index contributed by atoms with van der Waals surface area (Å²) in [5.41, 5.74) is 0. The van der Waals surface area contributed by atoms with Crippen LogP contribution in [0.5, 0.6) is 0 Å². The Morgan fingerprint density at radius 3 is 2.33 bits per heavy atom. The Bertz CT molecular complexity index is 261. The van der Waals surface area contributed by atoms with Crippen LogP contribution in [-0.2, 0) is 14.6 Å². The molecule has 0 bridgehead atoms. The molecule has 12 heavy (non-hydrogen) atoms. The van der Waals surface area contributed by atoms with Crippen molar-refractivity contribution < 1.29 is 46.7 Å². The Hall–Kier alpha value is 0.430. The number of hydrogen-bond donors (Lipinski definition) is 0. The molecule has 0 aliphatic rings. The van der Waals surface area contributed by atoms with Crippen molar-refractivity contribution in [3.8, 4) is 11.8 Å². The van der Waals surface area contributed by atoms with E-state index in [4.69, 9.17) is 0 Å². The van der Waals surface area contributed by atoms with Crippen molar-refractivity contribution in [1.29, 1.82) is 0 Å². The smallest absolute Gasteiger partial charge is 0.725 e. The quantitative estimate of drug-likeness (QED) is 0.215. The van der Waals surface area contributed by atoms with Crippen LogP contribution in [0.4, 0.5) is 0 Å². The van der Waals surface area contributed by atoms with Gasteiger partial charge < -0.3 is 4.55 Å². The summed E-state index contributed by atoms with van der Waals surface area (Å²) in [7, 11) is -4.61. The molecule has 0 saturated carbocycles. The van der Waals surface area contributed by atoms with Crippen molar-refractivity contribution in [3.63, 3.8) is 0 Å². The molecular weight excluding hydrogens is 191 g/mol. The standard InChI is InChI=1S/C6H10O4S.Na/c1-3-5-6(4-2)10-11(7,8)9;/h6H,4H2,1-2H3,(H,7,8,9);/q;+1/p-1/t6-;/m1./s1. The first-order chi connectivity index (χ1) is 4.99. The fourth-order valence-electron chi connectivity index (χ4n) is 0.497. The van der Waals surface area contributed by atoms with Crippen LogP contribution in [0, 0.1) is 11.8 Å². The molecule has 0 rings (SSSR count). The Kier molecular flexibility index (Phi) is 8.58. The zero-order chi connectivity index (χ0) is 8.91. The van der Waals surface area contributed by atoms with Gasteiger partial charge in [-0.05, 0) is 13.3 Å². The topological polar surface area (TPSA) is 66.4 Å². The van der Waals surface area contributed by atoms with Gasteiger partial charge in [0, 0.05) is 0 Å². The van der Waals surface area contributed by atoms with Crippen LogP contribution >= 0.6 is 0 Å². The number of rotatable bonds is 3. The maximum atomic E-state index is 10.0. The first kappa shape index (κ1) is 14.9. The predicted molar refractivity (Wildman–Crippen MR) is 38.3 cm³/mol. The minimum atomic E-state index is -4.61. The van der Waals surface area contributed by atoms with Crippen LogP contribution in [0.25, 0.3) is 0 Å². The molecule has 0 saturated heterocycles. The largest absolute Gasteiger partial charge is 1.00 e. The van der Waals surface area contributed by atoms with E-state index >= 15 is 0 Å². The predicted octanol–water partition coefficient (Wildman–Crippen LogP) is -2.73. The summed E-state index contributed by atoms with van der Waals surface area (Å²) in [5, 5.41) is 0. The van der Waals surface area contributed by atoms with Gasteiger partial charge in [-0.3, -0.25) is 4.18 Å². The molecule has 0 heterocycles. The third-order valence-electron chi connectivity index (χ3n) is 0.910. The van der Waals surface area contributed by atoms with Crippen LogP contribution < -0.4 is 29.6 Å². The van der Waals surface area contributed by atoms with Crippen LogP contribution in [0.2, 0.25) is 0 Å². The van der Waals surface area contributed by atoms with Gasteiger partial charge in [0.1, 0.15) is 6.10 Å². The van der Waals surface area contributed by atoms with E-state index in [1.807, 2.05) is 0 Å². The summed E-state index contributed by atoms with van der Waals surface area (Å²) >= 11 is 0. The molecule has 0 aliphatic carbocycles. The van der Waals surface area contributed by atoms with E-state index in [0.29, 0.717) is 6.42 Å². The zero-order valence-corrected chi connectivity index (χ0v) is 10.1. The molecule has 1 atom stereocenters. The summed E-state index contributed by atoms with van der Waals surface area (Å²) in [6, 6.07) is 0. The maximum absolute atomic E-state index is 10.0. The van der Waals surface area contributed by atoms with Crippen molar-refractivity contribution in [2.75, 3.05) is 0 Å². The summed E-state index contributed by atoms with van der Waals surface area (Å²) in [6.45, 7) is 3.23. The van der Waals surface area contributed by atoms with Crippen molar-refractivity contribution in [1.82, 2.24) is 0 Å². The second-order valence-electron chi connectivity index (χ2n) is 1.80. The molecule has 0 aromatic heterocycles. The molecule has 0 N–H and O–H groups in total. The van der Waals surface area contributed by atoms with Gasteiger partial charge in [-0.15, -0.1) is 5.92 Å². The Morgan fingerprint density at radius 2 is 2.08 bits per heavy atom. The second-order valence-corrected chi connectivity index (χ2v) is 2.80. The fraction of sp³-hybridized carbons (Fsp3) is 0.667. The van der Waals surface area contributed by atoms with Gasteiger partial charge in [0.25, 0.3) is 0 Å². The number of hydrogen-bond acceptors (Lipinski definition) is 4. The van der Waals surface area contributed by atoms with E-state index in [9.17, 15) is 13.0 Å². The van der Waals surface area contributed by atoms with E-state index < -0.39 is 16.5 Å². The van der Waals surface area contributed by atoms with Gasteiger partial charge >= 0.3 is 29.6 Å². The van der Waals surface area contributed by atoms with Gasteiger partial charge in [-0.2, -0.15) is 0 Å². The SMILES string of the molecule is CC#C[C@@H](CC)OS(=O)(=O)[O-].[Na+]. The molecule has 64 valence electrons. The normalized spacial score (nSPS) is 12.2. The third-order valence-corrected chi connectivity index (χ3v) is 1.38. The Morgan fingerprint density at radius 1 is 1.58 bits per heavy atom. The molecule has 0 unspecified atom stereocenters. The van der Waals surface area contributed by atoms with Crippen LogP contribution in [0.3, 0.4) is 0 Å². The fourth-order valence-corrected chi connectivity index (χ4v) is 0.966. The van der Waals surface area contributed by atoms with E-state index in [1.54, 1.807) is 13.8 Å². The molecule has 0 aromatic rings. The molecule has 0 aromatic carbocycles. The third kappa shape index (κ3) is 8.53. The molecular formula is C6H9NaO4S. The van der Waals surface area contributed by atoms with Crippen molar-refractivity contribution in [2.45, 2.75) is 26.4 Å². The molecule has 4 nitrogen and oxygen atoms in total. The minimum absolute atomic E-state index is 0. The summed E-state index contributed by atoms with van der Waals surface area (Å²) in [4.78, 5) is 0. The summed E-state index contributed by atoms with van der Waals surface area (Å²) < 4.78 is 34.2. The maximum Gasteiger partial charge on any atom is 1.00 e. The summed E-state index contributed by atoms with van der Waals surface area (Å²) in [5.74, 6) is 4.90. The van der Waals surface area contributed by atoms with Crippen molar-refractivity contribution in [2.24, 2.45) is 0 Å².